The zero-order valence-corrected chi connectivity index (χ0v) is 47.1. The molecule has 1 aromatic heterocycles. The molecule has 5 rings (SSSR count). The number of hydrogen-bond donors (Lipinski definition) is 13. The van der Waals surface area contributed by atoms with Gasteiger partial charge >= 0.3 is 0 Å². The Morgan fingerprint density at radius 1 is 0.642 bits per heavy atom. The van der Waals surface area contributed by atoms with Crippen molar-refractivity contribution in [2.75, 3.05) is 13.2 Å². The van der Waals surface area contributed by atoms with Gasteiger partial charge in [-0.3, -0.25) is 43.7 Å². The standard InChI is InChI=1S/C58H81N11O12/c1-33(2)24-41(63-53(77)45(26-35-12-9-8-10-13-35)66-55(79)48-14-11-23-69(48)56(80)46(29-38-30-60-32-61-38)68-57(81)58(5,6)7)50(74)62-42(25-34(3)4)51(75)64-43(27-36-15-19-39(71)20-16-36)52(76)65-44(28-37-17-21-40(72)22-18-37)54(78)67-47(31-70)49(59)73/h8-10,12-13,15-22,30,32-34,41-48,50,62,70-72,74H,11,14,23-29,31H2,1-7H3,(H2,59,73)(H,60,61)(H,63,77)(H,64,75)(H,65,76)(H,66,79)(H,67,78)(H,68,81). The van der Waals surface area contributed by atoms with E-state index in [-0.39, 0.29) is 80.7 Å². The lowest BCUT2D eigenvalue weighted by atomic mass is 9.94. The fourth-order valence-electron chi connectivity index (χ4n) is 9.30. The highest BCUT2D eigenvalue weighted by Crippen LogP contribution is 2.23. The molecule has 1 saturated heterocycles. The number of carbonyl (C=O) groups is 8. The number of nitrogens with zero attached hydrogens (tertiary/aromatic N) is 2. The minimum atomic E-state index is -1.59. The molecule has 1 aliphatic rings. The van der Waals surface area contributed by atoms with E-state index in [4.69, 9.17) is 5.73 Å². The second-order valence-electron chi connectivity index (χ2n) is 22.5. The maximum Gasteiger partial charge on any atom is 0.246 e. The monoisotopic (exact) mass is 1120 g/mol. The Labute approximate surface area is 472 Å². The molecule has 81 heavy (non-hydrogen) atoms. The van der Waals surface area contributed by atoms with Crippen LogP contribution in [0.3, 0.4) is 0 Å². The second kappa shape index (κ2) is 30.1. The van der Waals surface area contributed by atoms with E-state index in [1.807, 2.05) is 27.7 Å². The van der Waals surface area contributed by atoms with E-state index in [1.165, 1.54) is 47.6 Å². The first kappa shape index (κ1) is 63.9. The summed E-state index contributed by atoms with van der Waals surface area (Å²) in [5.41, 5.74) is 6.85. The van der Waals surface area contributed by atoms with Crippen molar-refractivity contribution in [2.45, 2.75) is 154 Å². The van der Waals surface area contributed by atoms with E-state index in [1.54, 1.807) is 69.4 Å². The maximum atomic E-state index is 14.7. The number of phenols is 2. The summed E-state index contributed by atoms with van der Waals surface area (Å²) in [6.45, 7) is 12.0. The zero-order valence-electron chi connectivity index (χ0n) is 47.1. The third-order valence-corrected chi connectivity index (χ3v) is 13.7. The minimum absolute atomic E-state index is 0.0224. The van der Waals surface area contributed by atoms with Crippen molar-refractivity contribution in [1.29, 1.82) is 0 Å². The Hall–Kier alpha value is -7.89. The van der Waals surface area contributed by atoms with Crippen molar-refractivity contribution in [3.8, 4) is 11.5 Å². The number of rotatable bonds is 29. The molecule has 0 saturated carbocycles. The molecule has 14 N–H and O–H groups in total. The van der Waals surface area contributed by atoms with Crippen molar-refractivity contribution in [3.05, 3.63) is 114 Å². The van der Waals surface area contributed by atoms with Gasteiger partial charge in [0.15, 0.2) is 0 Å². The molecule has 0 spiro atoms. The molecule has 1 fully saturated rings. The number of carbonyl (C=O) groups excluding carboxylic acids is 8. The first-order valence-corrected chi connectivity index (χ1v) is 27.4. The maximum absolute atomic E-state index is 14.7. The molecule has 23 heteroatoms. The van der Waals surface area contributed by atoms with Gasteiger partial charge in [-0.15, -0.1) is 0 Å². The number of nitrogens with two attached hydrogens (primary N) is 1. The zero-order chi connectivity index (χ0) is 59.6. The van der Waals surface area contributed by atoms with Crippen LogP contribution in [0, 0.1) is 17.3 Å². The molecule has 9 unspecified atom stereocenters. The van der Waals surface area contributed by atoms with Crippen LogP contribution < -0.4 is 43.0 Å². The molecule has 3 aromatic carbocycles. The summed E-state index contributed by atoms with van der Waals surface area (Å²) in [6, 6.07) is 10.8. The summed E-state index contributed by atoms with van der Waals surface area (Å²) in [5.74, 6) is -6.00. The number of aliphatic hydroxyl groups excluding tert-OH is 2. The van der Waals surface area contributed by atoms with Crippen LogP contribution in [0.4, 0.5) is 0 Å². The van der Waals surface area contributed by atoms with Gasteiger partial charge in [0.25, 0.3) is 0 Å². The lowest BCUT2D eigenvalue weighted by molar-refractivity contribution is -0.143. The summed E-state index contributed by atoms with van der Waals surface area (Å²) in [6.07, 6.45) is 2.29. The lowest BCUT2D eigenvalue weighted by Gasteiger charge is -2.33. The number of aromatic nitrogens is 2. The number of benzene rings is 3. The first-order valence-electron chi connectivity index (χ1n) is 27.4. The molecule has 440 valence electrons. The number of aliphatic hydroxyl groups is 2. The van der Waals surface area contributed by atoms with Gasteiger partial charge in [-0.25, -0.2) is 4.98 Å². The number of hydrogen-bond acceptors (Lipinski definition) is 14. The Morgan fingerprint density at radius 2 is 1.14 bits per heavy atom. The summed E-state index contributed by atoms with van der Waals surface area (Å²) < 4.78 is 0. The number of aromatic hydroxyl groups is 2. The average Bonchev–Trinajstić information content (AvgIpc) is 4.16. The average molecular weight is 1120 g/mol. The summed E-state index contributed by atoms with van der Waals surface area (Å²) in [4.78, 5) is 120. The second-order valence-corrected chi connectivity index (χ2v) is 22.5. The Balaban J connectivity index is 1.39. The molecule has 8 amide bonds. The van der Waals surface area contributed by atoms with Crippen LogP contribution in [0.5, 0.6) is 11.5 Å². The predicted octanol–water partition coefficient (Wildman–Crippen LogP) is 0.884. The molecule has 0 bridgehead atoms. The third-order valence-electron chi connectivity index (χ3n) is 13.7. The molecular formula is C58H81N11O12. The number of nitrogens with one attached hydrogen (secondary N) is 8. The highest BCUT2D eigenvalue weighted by Gasteiger charge is 2.41. The third kappa shape index (κ3) is 20.0. The smallest absolute Gasteiger partial charge is 0.246 e. The summed E-state index contributed by atoms with van der Waals surface area (Å²) >= 11 is 0. The van der Waals surface area contributed by atoms with Crippen LogP contribution in [0.15, 0.2) is 91.4 Å². The van der Waals surface area contributed by atoms with Gasteiger partial charge in [0.05, 0.1) is 25.0 Å². The quantitative estimate of drug-likeness (QED) is 0.0336. The predicted molar refractivity (Wildman–Crippen MR) is 300 cm³/mol. The van der Waals surface area contributed by atoms with E-state index in [0.29, 0.717) is 28.8 Å². The van der Waals surface area contributed by atoms with Gasteiger partial charge in [0.1, 0.15) is 54.0 Å². The number of phenolic OH excluding ortho intramolecular Hbond substituents is 2. The fraction of sp³-hybridized carbons (Fsp3) is 0.500. The van der Waals surface area contributed by atoms with Crippen molar-refractivity contribution in [1.82, 2.24) is 52.1 Å². The van der Waals surface area contributed by atoms with Gasteiger partial charge in [0, 0.05) is 49.5 Å². The van der Waals surface area contributed by atoms with Gasteiger partial charge in [-0.2, -0.15) is 0 Å². The van der Waals surface area contributed by atoms with E-state index < -0.39 is 108 Å². The van der Waals surface area contributed by atoms with Crippen molar-refractivity contribution < 1.29 is 58.8 Å². The molecule has 23 nitrogen and oxygen atoms in total. The van der Waals surface area contributed by atoms with Crippen LogP contribution >= 0.6 is 0 Å². The van der Waals surface area contributed by atoms with E-state index in [9.17, 15) is 58.8 Å². The minimum Gasteiger partial charge on any atom is -0.508 e. The van der Waals surface area contributed by atoms with Crippen LogP contribution in [0.25, 0.3) is 0 Å². The molecule has 4 aromatic rings. The van der Waals surface area contributed by atoms with Crippen molar-refractivity contribution in [3.63, 3.8) is 0 Å². The van der Waals surface area contributed by atoms with E-state index in [2.05, 4.69) is 47.2 Å². The van der Waals surface area contributed by atoms with E-state index in [0.717, 1.165) is 0 Å². The van der Waals surface area contributed by atoms with Crippen molar-refractivity contribution >= 4 is 47.3 Å². The van der Waals surface area contributed by atoms with Gasteiger partial charge in [0.2, 0.25) is 47.3 Å². The molecule has 2 heterocycles. The van der Waals surface area contributed by atoms with Crippen LogP contribution in [-0.2, 0) is 64.0 Å². The van der Waals surface area contributed by atoms with Crippen LogP contribution in [0.1, 0.15) is 96.5 Å². The first-order chi connectivity index (χ1) is 38.3. The molecule has 1 aliphatic heterocycles. The molecule has 0 aliphatic carbocycles. The van der Waals surface area contributed by atoms with Gasteiger partial charge in [-0.05, 0) is 78.5 Å². The summed E-state index contributed by atoms with van der Waals surface area (Å²) in [5, 5.41) is 61.3. The van der Waals surface area contributed by atoms with Crippen LogP contribution in [0.2, 0.25) is 0 Å². The fourth-order valence-corrected chi connectivity index (χ4v) is 9.30. The van der Waals surface area contributed by atoms with Gasteiger partial charge < -0.3 is 67.9 Å². The highest BCUT2D eigenvalue weighted by atomic mass is 16.3. The van der Waals surface area contributed by atoms with Gasteiger partial charge in [-0.1, -0.05) is 103 Å². The Bertz CT molecular complexity index is 2720. The normalized spacial score (nSPS) is 16.4. The Kier molecular flexibility index (Phi) is 23.7. The number of imidazole rings is 1. The Morgan fingerprint density at radius 3 is 1.62 bits per heavy atom. The number of primary amides is 1. The SMILES string of the molecule is CC(C)CC(NC(O)C(CC(C)C)NC(=O)C(Cc1ccccc1)NC(=O)C1CCCN1C(=O)C(Cc1cnc[nH]1)NC(=O)C(C)(C)C)C(=O)NC(Cc1ccc(O)cc1)C(=O)NC(Cc1ccc(O)cc1)C(=O)NC(CO)C(N)=O. The number of aromatic amines is 1. The number of amides is 8. The topological polar surface area (TPSA) is 360 Å². The van der Waals surface area contributed by atoms with E-state index >= 15 is 0 Å². The molecular weight excluding hydrogens is 1040 g/mol. The number of H-pyrrole nitrogens is 1. The summed E-state index contributed by atoms with van der Waals surface area (Å²) in [7, 11) is 0. The highest BCUT2D eigenvalue weighted by molar-refractivity contribution is 5.96. The number of likely N-dealkylation sites (tertiary alicyclic amines) is 1. The lowest BCUT2D eigenvalue weighted by Crippen LogP contribution is -2.62. The van der Waals surface area contributed by atoms with Crippen molar-refractivity contribution in [2.24, 2.45) is 23.0 Å². The van der Waals surface area contributed by atoms with Crippen LogP contribution in [-0.4, -0.2) is 150 Å². The largest absolute Gasteiger partial charge is 0.508 e. The molecule has 9 atom stereocenters. The molecule has 0 radical (unpaired) electrons.